The Morgan fingerprint density at radius 3 is 2.71 bits per heavy atom. The van der Waals surface area contributed by atoms with E-state index in [2.05, 4.69) is 21.9 Å². The molecule has 0 aliphatic heterocycles. The molecule has 0 nitrogen and oxygen atoms in total. The van der Waals surface area contributed by atoms with Gasteiger partial charge in [-0.3, -0.25) is 0 Å². The van der Waals surface area contributed by atoms with E-state index in [-0.39, 0.29) is 0 Å². The zero-order valence-electron chi connectivity index (χ0n) is 4.72. The Morgan fingerprint density at radius 1 is 1.57 bits per heavy atom. The van der Waals surface area contributed by atoms with Gasteiger partial charge in [-0.15, -0.1) is 0 Å². The van der Waals surface area contributed by atoms with Crippen LogP contribution >= 0.6 is 8.86 Å². The van der Waals surface area contributed by atoms with E-state index in [1.807, 2.05) is 11.9 Å². The van der Waals surface area contributed by atoms with Crippen LogP contribution in [0.1, 0.15) is 19.8 Å². The van der Waals surface area contributed by atoms with E-state index in [4.69, 9.17) is 0 Å². The molecule has 0 aromatic heterocycles. The van der Waals surface area contributed by atoms with Gasteiger partial charge < -0.3 is 0 Å². The second-order valence-corrected chi connectivity index (χ2v) is 1.79. The van der Waals surface area contributed by atoms with Gasteiger partial charge >= 0.3 is 0 Å². The van der Waals surface area contributed by atoms with Gasteiger partial charge in [0.2, 0.25) is 0 Å². The van der Waals surface area contributed by atoms with Gasteiger partial charge in [0.15, 0.2) is 0 Å². The van der Waals surface area contributed by atoms with Crippen molar-refractivity contribution in [1.29, 1.82) is 0 Å². The van der Waals surface area contributed by atoms with Crippen LogP contribution in [0, 0.1) is 0 Å². The quantitative estimate of drug-likeness (QED) is 0.493. The average Bonchev–Trinajstić information content (AvgIpc) is 1.69. The van der Waals surface area contributed by atoms with E-state index in [1.54, 1.807) is 0 Å². The first-order valence-electron chi connectivity index (χ1n) is 2.62. The van der Waals surface area contributed by atoms with Crippen LogP contribution in [-0.4, -0.2) is 5.80 Å². The summed E-state index contributed by atoms with van der Waals surface area (Å²) < 4.78 is 0. The fraction of sp³-hybridized carbons (Fsp3) is 0.500. The fourth-order valence-corrected chi connectivity index (χ4v) is 0.499. The highest BCUT2D eigenvalue weighted by atomic mass is 31.0. The fourth-order valence-electron chi connectivity index (χ4n) is 0.341. The van der Waals surface area contributed by atoms with Gasteiger partial charge in [0.05, 0.1) is 8.86 Å². The summed E-state index contributed by atoms with van der Waals surface area (Å²) in [6.45, 7) is 2.17. The molecule has 0 aromatic carbocycles. The molecule has 0 radical (unpaired) electrons. The molecule has 0 aliphatic rings. The Hall–Kier alpha value is -0.0900. The Balaban J connectivity index is 2.92. The molecule has 0 bridgehead atoms. The highest BCUT2D eigenvalue weighted by molar-refractivity contribution is 7.18. The topological polar surface area (TPSA) is 0 Å². The smallest absolute Gasteiger partial charge is 0.0808 e. The minimum atomic E-state index is 1.20. The van der Waals surface area contributed by atoms with Gasteiger partial charge in [0, 0.05) is 0 Å². The lowest BCUT2D eigenvalue weighted by Crippen LogP contribution is -1.59. The Bertz CT molecular complexity index is 64.6. The number of allylic oxidation sites excluding steroid dienone is 2. The van der Waals surface area contributed by atoms with Crippen LogP contribution in [0.4, 0.5) is 0 Å². The first-order chi connectivity index (χ1) is 3.41. The summed E-state index contributed by atoms with van der Waals surface area (Å²) in [6.07, 6.45) is 6.65. The molecule has 0 rings (SSSR count). The highest BCUT2D eigenvalue weighted by Gasteiger charge is 1.67. The predicted molar refractivity (Wildman–Crippen MR) is 39.8 cm³/mol. The maximum Gasteiger partial charge on any atom is 0.103 e. The van der Waals surface area contributed by atoms with Crippen LogP contribution in [0.2, 0.25) is 0 Å². The van der Waals surface area contributed by atoms with E-state index in [0.29, 0.717) is 0 Å². The van der Waals surface area contributed by atoms with Crippen molar-refractivity contribution in [2.75, 3.05) is 0 Å². The molecule has 1 unspecified atom stereocenters. The standard InChI is InChI=1S/C6H11P/c1-2-3-4-5-6-7/h4-7H,2-3H2,1H3/p+1. The normalized spacial score (nSPS) is 9.86. The van der Waals surface area contributed by atoms with Crippen molar-refractivity contribution in [1.82, 2.24) is 0 Å². The third-order valence-corrected chi connectivity index (χ3v) is 0.925. The van der Waals surface area contributed by atoms with Crippen LogP contribution in [0.5, 0.6) is 0 Å². The number of hydrogen-bond acceptors (Lipinski definition) is 0. The number of rotatable bonds is 3. The SMILES string of the molecule is CCCC=CC=[PH2+]. The largest absolute Gasteiger partial charge is 0.103 e. The minimum absolute atomic E-state index is 1.20. The summed E-state index contributed by atoms with van der Waals surface area (Å²) >= 11 is 0. The molecule has 0 fully saturated rings. The van der Waals surface area contributed by atoms with Crippen molar-refractivity contribution in [2.45, 2.75) is 19.8 Å². The summed E-state index contributed by atoms with van der Waals surface area (Å²) in [4.78, 5) is 0. The highest BCUT2D eigenvalue weighted by Crippen LogP contribution is 1.85. The van der Waals surface area contributed by atoms with Gasteiger partial charge in [-0.25, -0.2) is 0 Å². The molecular formula is C6H12P+. The Kier molecular flexibility index (Phi) is 5.83. The van der Waals surface area contributed by atoms with Gasteiger partial charge in [-0.05, 0) is 12.5 Å². The van der Waals surface area contributed by atoms with Crippen LogP contribution in [0.15, 0.2) is 12.2 Å². The molecule has 0 saturated carbocycles. The van der Waals surface area contributed by atoms with E-state index >= 15 is 0 Å². The van der Waals surface area contributed by atoms with Gasteiger partial charge in [-0.2, -0.15) is 0 Å². The summed E-state index contributed by atoms with van der Waals surface area (Å²) in [7, 11) is 2.54. The Labute approximate surface area is 47.5 Å². The van der Waals surface area contributed by atoms with Crippen LogP contribution in [-0.2, 0) is 0 Å². The van der Waals surface area contributed by atoms with Crippen LogP contribution in [0.3, 0.4) is 0 Å². The second kappa shape index (κ2) is 5.91. The first kappa shape index (κ1) is 6.91. The molecule has 1 heteroatoms. The molecule has 0 N–H and O–H groups in total. The maximum absolute atomic E-state index is 2.54. The predicted octanol–water partition coefficient (Wildman–Crippen LogP) is 2.02. The molecule has 0 saturated heterocycles. The molecule has 40 valence electrons. The van der Waals surface area contributed by atoms with Crippen LogP contribution < -0.4 is 0 Å². The third kappa shape index (κ3) is 5.91. The molecule has 7 heavy (non-hydrogen) atoms. The van der Waals surface area contributed by atoms with Crippen molar-refractivity contribution in [3.8, 4) is 0 Å². The average molecular weight is 115 g/mol. The van der Waals surface area contributed by atoms with Gasteiger partial charge in [0.1, 0.15) is 5.80 Å². The molecule has 0 amide bonds. The summed E-state index contributed by atoms with van der Waals surface area (Å²) in [6, 6.07) is 0. The summed E-state index contributed by atoms with van der Waals surface area (Å²) in [5, 5.41) is 0. The summed E-state index contributed by atoms with van der Waals surface area (Å²) in [5.74, 6) is 1.97. The minimum Gasteiger partial charge on any atom is -0.0808 e. The summed E-state index contributed by atoms with van der Waals surface area (Å²) in [5.41, 5.74) is 0. The maximum atomic E-state index is 2.54. The second-order valence-electron chi connectivity index (χ2n) is 1.41. The van der Waals surface area contributed by atoms with Crippen molar-refractivity contribution >= 4 is 14.7 Å². The van der Waals surface area contributed by atoms with Crippen molar-refractivity contribution in [2.24, 2.45) is 0 Å². The zero-order chi connectivity index (χ0) is 5.54. The third-order valence-electron chi connectivity index (χ3n) is 0.703. The number of hydrogen-bond donors (Lipinski definition) is 0. The lowest BCUT2D eigenvalue weighted by atomic mass is 10.3. The zero-order valence-corrected chi connectivity index (χ0v) is 5.88. The Morgan fingerprint density at radius 2 is 2.29 bits per heavy atom. The molecule has 0 heterocycles. The molecule has 0 aliphatic carbocycles. The lowest BCUT2D eigenvalue weighted by Gasteiger charge is -1.75. The first-order valence-corrected chi connectivity index (χ1v) is 3.28. The van der Waals surface area contributed by atoms with Gasteiger partial charge in [-0.1, -0.05) is 19.4 Å². The number of unbranched alkanes of at least 4 members (excludes halogenated alkanes) is 1. The van der Waals surface area contributed by atoms with Crippen molar-refractivity contribution in [3.05, 3.63) is 12.2 Å². The van der Waals surface area contributed by atoms with E-state index in [0.717, 1.165) is 0 Å². The van der Waals surface area contributed by atoms with Crippen LogP contribution in [0.25, 0.3) is 0 Å². The van der Waals surface area contributed by atoms with Crippen molar-refractivity contribution in [3.63, 3.8) is 0 Å². The lowest BCUT2D eigenvalue weighted by molar-refractivity contribution is 0.960. The van der Waals surface area contributed by atoms with E-state index in [1.165, 1.54) is 12.8 Å². The van der Waals surface area contributed by atoms with Gasteiger partial charge in [0.25, 0.3) is 0 Å². The van der Waals surface area contributed by atoms with Crippen molar-refractivity contribution < 1.29 is 0 Å². The van der Waals surface area contributed by atoms with E-state index < -0.39 is 0 Å². The molecular weight excluding hydrogens is 103 g/mol. The molecule has 1 atom stereocenters. The molecule has 0 aromatic rings. The van der Waals surface area contributed by atoms with E-state index in [9.17, 15) is 0 Å². The monoisotopic (exact) mass is 115 g/mol. The molecule has 0 spiro atoms.